The van der Waals surface area contributed by atoms with Crippen LogP contribution in [0.25, 0.3) is 0 Å². The largest absolute Gasteiger partial charge is 0.383 e. The third kappa shape index (κ3) is 2.32. The molecule has 0 aromatic carbocycles. The zero-order valence-corrected chi connectivity index (χ0v) is 8.49. The second-order valence-electron chi connectivity index (χ2n) is 2.95. The van der Waals surface area contributed by atoms with Crippen molar-refractivity contribution >= 4 is 5.91 Å². The molecule has 0 fully saturated rings. The Morgan fingerprint density at radius 3 is 2.93 bits per heavy atom. The fourth-order valence-electron chi connectivity index (χ4n) is 1.19. The Balaban J connectivity index is 2.88. The molecular weight excluding hydrogens is 182 g/mol. The van der Waals surface area contributed by atoms with Gasteiger partial charge in [0.15, 0.2) is 0 Å². The molecule has 0 unspecified atom stereocenters. The number of aromatic nitrogens is 2. The van der Waals surface area contributed by atoms with Gasteiger partial charge in [0.1, 0.15) is 5.69 Å². The minimum absolute atomic E-state index is 0.443. The zero-order valence-electron chi connectivity index (χ0n) is 8.49. The molecule has 0 bridgehead atoms. The first kappa shape index (κ1) is 10.7. The third-order valence-corrected chi connectivity index (χ3v) is 1.95. The lowest BCUT2D eigenvalue weighted by molar-refractivity contribution is 0.0986. The summed E-state index contributed by atoms with van der Waals surface area (Å²) in [6.45, 7) is 3.05. The molecule has 1 aromatic heterocycles. The standard InChI is InChI=1S/C9H15N3O2/c1-3-7-6-8(9(10)13)12(11-7)4-5-14-2/h6H,3-5H2,1-2H3,(H2,10,13). The van der Waals surface area contributed by atoms with Crippen LogP contribution < -0.4 is 5.73 Å². The highest BCUT2D eigenvalue weighted by Gasteiger charge is 2.10. The van der Waals surface area contributed by atoms with E-state index in [9.17, 15) is 4.79 Å². The Bertz CT molecular complexity index is 320. The number of hydrogen-bond acceptors (Lipinski definition) is 3. The summed E-state index contributed by atoms with van der Waals surface area (Å²) in [7, 11) is 1.61. The summed E-state index contributed by atoms with van der Waals surface area (Å²) in [5, 5.41) is 4.22. The maximum Gasteiger partial charge on any atom is 0.266 e. The number of rotatable bonds is 5. The highest BCUT2D eigenvalue weighted by atomic mass is 16.5. The van der Waals surface area contributed by atoms with Gasteiger partial charge in [-0.2, -0.15) is 5.10 Å². The number of amides is 1. The highest BCUT2D eigenvalue weighted by molar-refractivity contribution is 5.91. The molecule has 1 rings (SSSR count). The summed E-state index contributed by atoms with van der Waals surface area (Å²) < 4.78 is 6.50. The minimum atomic E-state index is -0.451. The van der Waals surface area contributed by atoms with Crippen molar-refractivity contribution in [1.29, 1.82) is 0 Å². The summed E-state index contributed by atoms with van der Waals surface area (Å²) >= 11 is 0. The first-order chi connectivity index (χ1) is 6.69. The van der Waals surface area contributed by atoms with Gasteiger partial charge in [-0.05, 0) is 12.5 Å². The van der Waals surface area contributed by atoms with Crippen LogP contribution in [0.3, 0.4) is 0 Å². The first-order valence-electron chi connectivity index (χ1n) is 4.54. The average molecular weight is 197 g/mol. The Kier molecular flexibility index (Phi) is 3.64. The predicted molar refractivity (Wildman–Crippen MR) is 52.0 cm³/mol. The Morgan fingerprint density at radius 1 is 1.71 bits per heavy atom. The van der Waals surface area contributed by atoms with E-state index in [0.717, 1.165) is 12.1 Å². The number of aryl methyl sites for hydroxylation is 1. The first-order valence-corrected chi connectivity index (χ1v) is 4.54. The van der Waals surface area contributed by atoms with Crippen LogP contribution in [0, 0.1) is 0 Å². The maximum absolute atomic E-state index is 11.0. The van der Waals surface area contributed by atoms with Crippen LogP contribution in [0.5, 0.6) is 0 Å². The Hall–Kier alpha value is -1.36. The van der Waals surface area contributed by atoms with Crippen LogP contribution in [0.4, 0.5) is 0 Å². The lowest BCUT2D eigenvalue weighted by Gasteiger charge is -2.02. The van der Waals surface area contributed by atoms with Crippen LogP contribution in [-0.2, 0) is 17.7 Å². The number of hydrogen-bond donors (Lipinski definition) is 1. The van der Waals surface area contributed by atoms with Crippen LogP contribution in [0.2, 0.25) is 0 Å². The van der Waals surface area contributed by atoms with Crippen molar-refractivity contribution in [3.63, 3.8) is 0 Å². The van der Waals surface area contributed by atoms with Gasteiger partial charge in [0, 0.05) is 7.11 Å². The molecule has 0 spiro atoms. The third-order valence-electron chi connectivity index (χ3n) is 1.95. The lowest BCUT2D eigenvalue weighted by Crippen LogP contribution is -2.19. The van der Waals surface area contributed by atoms with Crippen molar-refractivity contribution in [2.45, 2.75) is 19.9 Å². The number of methoxy groups -OCH3 is 1. The molecule has 1 aromatic rings. The summed E-state index contributed by atoms with van der Waals surface area (Å²) in [4.78, 5) is 11.0. The number of carbonyl (C=O) groups is 1. The van der Waals surface area contributed by atoms with Crippen molar-refractivity contribution in [2.75, 3.05) is 13.7 Å². The molecule has 0 aliphatic heterocycles. The molecule has 0 aliphatic rings. The molecule has 14 heavy (non-hydrogen) atoms. The highest BCUT2D eigenvalue weighted by Crippen LogP contribution is 2.04. The minimum Gasteiger partial charge on any atom is -0.383 e. The molecule has 1 heterocycles. The molecular formula is C9H15N3O2. The van der Waals surface area contributed by atoms with E-state index in [2.05, 4.69) is 5.10 Å². The van der Waals surface area contributed by atoms with Gasteiger partial charge in [-0.25, -0.2) is 0 Å². The molecule has 5 nitrogen and oxygen atoms in total. The molecule has 0 saturated carbocycles. The summed E-state index contributed by atoms with van der Waals surface area (Å²) in [6, 6.07) is 1.72. The molecule has 78 valence electrons. The lowest BCUT2D eigenvalue weighted by atomic mass is 10.3. The van der Waals surface area contributed by atoms with Gasteiger partial charge in [-0.3, -0.25) is 9.48 Å². The smallest absolute Gasteiger partial charge is 0.266 e. The predicted octanol–water partition coefficient (Wildman–Crippen LogP) is 0.191. The van der Waals surface area contributed by atoms with Gasteiger partial charge < -0.3 is 10.5 Å². The van der Waals surface area contributed by atoms with Gasteiger partial charge in [-0.15, -0.1) is 0 Å². The molecule has 2 N–H and O–H groups in total. The van der Waals surface area contributed by atoms with Crippen LogP contribution in [-0.4, -0.2) is 29.4 Å². The van der Waals surface area contributed by atoms with Crippen LogP contribution in [0.1, 0.15) is 23.1 Å². The number of nitrogens with zero attached hydrogens (tertiary/aromatic N) is 2. The van der Waals surface area contributed by atoms with Crippen molar-refractivity contribution in [1.82, 2.24) is 9.78 Å². The Morgan fingerprint density at radius 2 is 2.43 bits per heavy atom. The van der Waals surface area contributed by atoms with E-state index in [0.29, 0.717) is 18.8 Å². The van der Waals surface area contributed by atoms with E-state index >= 15 is 0 Å². The van der Waals surface area contributed by atoms with Gasteiger partial charge in [-0.1, -0.05) is 6.92 Å². The molecule has 5 heteroatoms. The number of primary amides is 1. The molecule has 0 saturated heterocycles. The van der Waals surface area contributed by atoms with E-state index < -0.39 is 5.91 Å². The fourth-order valence-corrected chi connectivity index (χ4v) is 1.19. The van der Waals surface area contributed by atoms with E-state index in [1.54, 1.807) is 17.9 Å². The maximum atomic E-state index is 11.0. The number of carbonyl (C=O) groups excluding carboxylic acids is 1. The van der Waals surface area contributed by atoms with Crippen molar-refractivity contribution in [3.8, 4) is 0 Å². The summed E-state index contributed by atoms with van der Waals surface area (Å²) in [5.41, 5.74) is 6.53. The number of nitrogens with two attached hydrogens (primary N) is 1. The van der Waals surface area contributed by atoms with Gasteiger partial charge in [0.2, 0.25) is 0 Å². The summed E-state index contributed by atoms with van der Waals surface area (Å²) in [5.74, 6) is -0.451. The van der Waals surface area contributed by atoms with Crippen LogP contribution >= 0.6 is 0 Å². The normalized spacial score (nSPS) is 10.4. The van der Waals surface area contributed by atoms with Crippen molar-refractivity contribution in [2.24, 2.45) is 5.73 Å². The second kappa shape index (κ2) is 4.76. The molecule has 0 radical (unpaired) electrons. The fraction of sp³-hybridized carbons (Fsp3) is 0.556. The molecule has 0 atom stereocenters. The van der Waals surface area contributed by atoms with Gasteiger partial charge in [0.25, 0.3) is 5.91 Å². The average Bonchev–Trinajstić information content (AvgIpc) is 2.58. The SMILES string of the molecule is CCc1cc(C(N)=O)n(CCOC)n1. The molecule has 1 amide bonds. The van der Waals surface area contributed by atoms with E-state index in [-0.39, 0.29) is 0 Å². The van der Waals surface area contributed by atoms with E-state index in [1.165, 1.54) is 0 Å². The van der Waals surface area contributed by atoms with Crippen LogP contribution in [0.15, 0.2) is 6.07 Å². The van der Waals surface area contributed by atoms with Gasteiger partial charge in [0.05, 0.1) is 18.8 Å². The topological polar surface area (TPSA) is 70.1 Å². The zero-order chi connectivity index (χ0) is 10.6. The number of ether oxygens (including phenoxy) is 1. The molecule has 0 aliphatic carbocycles. The second-order valence-corrected chi connectivity index (χ2v) is 2.95. The van der Waals surface area contributed by atoms with E-state index in [1.807, 2.05) is 6.92 Å². The monoisotopic (exact) mass is 197 g/mol. The van der Waals surface area contributed by atoms with Gasteiger partial charge >= 0.3 is 0 Å². The van der Waals surface area contributed by atoms with Crippen molar-refractivity contribution < 1.29 is 9.53 Å². The Labute approximate surface area is 82.8 Å². The van der Waals surface area contributed by atoms with Crippen molar-refractivity contribution in [3.05, 3.63) is 17.5 Å². The quantitative estimate of drug-likeness (QED) is 0.732. The summed E-state index contributed by atoms with van der Waals surface area (Å²) in [6.07, 6.45) is 0.792. The van der Waals surface area contributed by atoms with E-state index in [4.69, 9.17) is 10.5 Å².